The van der Waals surface area contributed by atoms with Crippen LogP contribution < -0.4 is 10.5 Å². The third kappa shape index (κ3) is 3.78. The number of amides is 1. The van der Waals surface area contributed by atoms with Gasteiger partial charge in [0.2, 0.25) is 0 Å². The van der Waals surface area contributed by atoms with Crippen molar-refractivity contribution in [2.24, 2.45) is 0 Å². The van der Waals surface area contributed by atoms with Gasteiger partial charge in [-0.05, 0) is 41.6 Å². The van der Waals surface area contributed by atoms with Crippen LogP contribution in [0.3, 0.4) is 0 Å². The third-order valence-electron chi connectivity index (χ3n) is 5.79. The van der Waals surface area contributed by atoms with E-state index in [1.54, 1.807) is 10.8 Å². The van der Waals surface area contributed by atoms with Crippen molar-refractivity contribution >= 4 is 34.2 Å². The Balaban J connectivity index is 1.44. The van der Waals surface area contributed by atoms with Gasteiger partial charge in [-0.2, -0.15) is 0 Å². The number of hydrogen-bond acceptors (Lipinski definition) is 6. The Hall–Kier alpha value is -3.52. The van der Waals surface area contributed by atoms with Crippen molar-refractivity contribution < 1.29 is 4.79 Å². The highest BCUT2D eigenvalue weighted by molar-refractivity contribution is 7.12. The molecule has 1 aliphatic rings. The molecular weight excluding hydrogens is 422 g/mol. The summed E-state index contributed by atoms with van der Waals surface area (Å²) in [6.45, 7) is 4.63. The molecule has 4 aromatic rings. The van der Waals surface area contributed by atoms with E-state index in [1.807, 2.05) is 70.6 Å². The Morgan fingerprint density at radius 3 is 2.53 bits per heavy atom. The van der Waals surface area contributed by atoms with Crippen LogP contribution in [0.5, 0.6) is 0 Å². The van der Waals surface area contributed by atoms with Gasteiger partial charge >= 0.3 is 0 Å². The summed E-state index contributed by atoms with van der Waals surface area (Å²) in [7, 11) is 0. The average Bonchev–Trinajstić information content (AvgIpc) is 3.27. The van der Waals surface area contributed by atoms with Crippen LogP contribution in [-0.4, -0.2) is 51.5 Å². The first-order valence-corrected chi connectivity index (χ1v) is 11.5. The van der Waals surface area contributed by atoms with Crippen LogP contribution in [0, 0.1) is 6.92 Å². The molecule has 1 saturated heterocycles. The molecule has 0 N–H and O–H groups in total. The van der Waals surface area contributed by atoms with Crippen LogP contribution in [-0.2, 0) is 6.54 Å². The number of pyridine rings is 1. The summed E-state index contributed by atoms with van der Waals surface area (Å²) >= 11 is 1.48. The summed E-state index contributed by atoms with van der Waals surface area (Å²) < 4.78 is 1.69. The van der Waals surface area contributed by atoms with E-state index in [0.29, 0.717) is 49.7 Å². The first kappa shape index (κ1) is 20.4. The largest absolute Gasteiger partial charge is 0.348 e. The molecule has 3 aromatic heterocycles. The molecule has 0 aliphatic carbocycles. The Bertz CT molecular complexity index is 1320. The lowest BCUT2D eigenvalue weighted by atomic mass is 10.2. The molecule has 0 spiro atoms. The minimum atomic E-state index is -0.158. The number of carbonyl (C=O) groups excluding carboxylic acids is 1. The summed E-state index contributed by atoms with van der Waals surface area (Å²) in [5.74, 6) is 0.482. The van der Waals surface area contributed by atoms with Crippen molar-refractivity contribution in [1.29, 1.82) is 0 Å². The number of fused-ring (bicyclic) bond motifs is 1. The van der Waals surface area contributed by atoms with Crippen molar-refractivity contribution in [3.8, 4) is 0 Å². The molecule has 7 nitrogen and oxygen atoms in total. The number of piperazine rings is 1. The monoisotopic (exact) mass is 445 g/mol. The van der Waals surface area contributed by atoms with Gasteiger partial charge in [0.15, 0.2) is 11.5 Å². The normalized spacial score (nSPS) is 14.2. The van der Waals surface area contributed by atoms with E-state index in [0.717, 1.165) is 16.0 Å². The zero-order valence-corrected chi connectivity index (χ0v) is 18.6. The molecule has 1 amide bonds. The number of hydrogen-bond donors (Lipinski definition) is 0. The lowest BCUT2D eigenvalue weighted by molar-refractivity contribution is 0.0750. The van der Waals surface area contributed by atoms with E-state index in [2.05, 4.69) is 9.97 Å². The van der Waals surface area contributed by atoms with Gasteiger partial charge in [0.1, 0.15) is 5.52 Å². The van der Waals surface area contributed by atoms with Crippen LogP contribution in [0.1, 0.15) is 20.8 Å². The van der Waals surface area contributed by atoms with Crippen molar-refractivity contribution in [3.63, 3.8) is 0 Å². The van der Waals surface area contributed by atoms with Gasteiger partial charge < -0.3 is 9.80 Å². The third-order valence-corrected chi connectivity index (χ3v) is 6.80. The topological polar surface area (TPSA) is 71.3 Å². The molecule has 0 atom stereocenters. The lowest BCUT2D eigenvalue weighted by Crippen LogP contribution is -2.50. The van der Waals surface area contributed by atoms with Crippen molar-refractivity contribution in [2.75, 3.05) is 31.1 Å². The Kier molecular flexibility index (Phi) is 5.45. The number of anilines is 1. The van der Waals surface area contributed by atoms with Crippen LogP contribution in [0.4, 0.5) is 5.82 Å². The lowest BCUT2D eigenvalue weighted by Gasteiger charge is -2.35. The quantitative estimate of drug-likeness (QED) is 0.483. The van der Waals surface area contributed by atoms with Crippen molar-refractivity contribution in [3.05, 3.63) is 86.5 Å². The molecule has 8 heteroatoms. The fourth-order valence-electron chi connectivity index (χ4n) is 4.04. The predicted octanol–water partition coefficient (Wildman–Crippen LogP) is 3.17. The zero-order chi connectivity index (χ0) is 22.1. The van der Waals surface area contributed by atoms with Gasteiger partial charge in [-0.15, -0.1) is 11.3 Å². The molecule has 1 fully saturated rings. The maximum absolute atomic E-state index is 13.5. The second-order valence-electron chi connectivity index (χ2n) is 7.87. The van der Waals surface area contributed by atoms with Crippen LogP contribution in [0.2, 0.25) is 0 Å². The molecule has 0 bridgehead atoms. The SMILES string of the molecule is Cc1ccsc1C(=O)N1CCN(c2nc3cccnc3n(Cc3ccccc3)c2=O)CC1. The first-order valence-electron chi connectivity index (χ1n) is 10.6. The van der Waals surface area contributed by atoms with Crippen LogP contribution in [0.15, 0.2) is 64.9 Å². The second kappa shape index (κ2) is 8.55. The van der Waals surface area contributed by atoms with Gasteiger partial charge in [-0.25, -0.2) is 9.97 Å². The highest BCUT2D eigenvalue weighted by Gasteiger charge is 2.26. The Labute approximate surface area is 189 Å². The summed E-state index contributed by atoms with van der Waals surface area (Å²) in [6.07, 6.45) is 1.68. The van der Waals surface area contributed by atoms with Gasteiger partial charge in [0, 0.05) is 32.4 Å². The minimum absolute atomic E-state index is 0.0642. The molecule has 0 radical (unpaired) electrons. The number of aryl methyl sites for hydroxylation is 1. The molecular formula is C24H23N5O2S. The molecule has 1 aliphatic heterocycles. The van der Waals surface area contributed by atoms with E-state index in [9.17, 15) is 9.59 Å². The standard InChI is InChI=1S/C24H23N5O2S/c1-17-9-15-32-20(17)23(30)28-13-11-27(12-14-28)22-24(31)29(16-18-6-3-2-4-7-18)21-19(26-22)8-5-10-25-21/h2-10,15H,11-14,16H2,1H3. The summed E-state index contributed by atoms with van der Waals surface area (Å²) in [4.78, 5) is 40.1. The van der Waals surface area contributed by atoms with E-state index >= 15 is 0 Å². The molecule has 5 rings (SSSR count). The van der Waals surface area contributed by atoms with E-state index in [-0.39, 0.29) is 11.5 Å². The van der Waals surface area contributed by atoms with Crippen LogP contribution in [0.25, 0.3) is 11.2 Å². The highest BCUT2D eigenvalue weighted by atomic mass is 32.1. The number of benzene rings is 1. The molecule has 4 heterocycles. The molecule has 0 saturated carbocycles. The van der Waals surface area contributed by atoms with E-state index in [4.69, 9.17) is 0 Å². The number of thiophene rings is 1. The summed E-state index contributed by atoms with van der Waals surface area (Å²) in [5, 5.41) is 1.95. The average molecular weight is 446 g/mol. The number of aromatic nitrogens is 3. The maximum Gasteiger partial charge on any atom is 0.295 e. The predicted molar refractivity (Wildman–Crippen MR) is 127 cm³/mol. The van der Waals surface area contributed by atoms with Crippen molar-refractivity contribution in [1.82, 2.24) is 19.4 Å². The molecule has 32 heavy (non-hydrogen) atoms. The van der Waals surface area contributed by atoms with Gasteiger partial charge in [-0.3, -0.25) is 14.2 Å². The molecule has 162 valence electrons. The smallest absolute Gasteiger partial charge is 0.295 e. The Morgan fingerprint density at radius 2 is 1.81 bits per heavy atom. The molecule has 1 aromatic carbocycles. The fraction of sp³-hybridized carbons (Fsp3) is 0.250. The first-order chi connectivity index (χ1) is 15.6. The van der Waals surface area contributed by atoms with Gasteiger partial charge in [0.25, 0.3) is 11.5 Å². The maximum atomic E-state index is 13.5. The zero-order valence-electron chi connectivity index (χ0n) is 17.8. The summed E-state index contributed by atoms with van der Waals surface area (Å²) in [6, 6.07) is 15.6. The van der Waals surface area contributed by atoms with E-state index in [1.165, 1.54) is 11.3 Å². The molecule has 0 unspecified atom stereocenters. The van der Waals surface area contributed by atoms with Gasteiger partial charge in [0.05, 0.1) is 11.4 Å². The van der Waals surface area contributed by atoms with Crippen LogP contribution >= 0.6 is 11.3 Å². The minimum Gasteiger partial charge on any atom is -0.348 e. The Morgan fingerprint density at radius 1 is 1.03 bits per heavy atom. The number of rotatable bonds is 4. The van der Waals surface area contributed by atoms with Gasteiger partial charge in [-0.1, -0.05) is 30.3 Å². The fourth-order valence-corrected chi connectivity index (χ4v) is 4.93. The summed E-state index contributed by atoms with van der Waals surface area (Å²) in [5.41, 5.74) is 3.14. The second-order valence-corrected chi connectivity index (χ2v) is 8.79. The number of nitrogens with zero attached hydrogens (tertiary/aromatic N) is 5. The number of carbonyl (C=O) groups is 1. The van der Waals surface area contributed by atoms with E-state index < -0.39 is 0 Å². The van der Waals surface area contributed by atoms with Crippen molar-refractivity contribution in [2.45, 2.75) is 13.5 Å². The highest BCUT2D eigenvalue weighted by Crippen LogP contribution is 2.20.